The van der Waals surface area contributed by atoms with Gasteiger partial charge in [0.15, 0.2) is 5.16 Å². The van der Waals surface area contributed by atoms with E-state index in [-0.39, 0.29) is 23.7 Å². The largest absolute Gasteiger partial charge is 0.326 e. The van der Waals surface area contributed by atoms with Crippen LogP contribution in [0.3, 0.4) is 0 Å². The Hall–Kier alpha value is -2.93. The maximum atomic E-state index is 13.0. The lowest BCUT2D eigenvalue weighted by atomic mass is 10.1. The maximum Gasteiger partial charge on any atom is 0.251 e. The number of aryl methyl sites for hydroxylation is 1. The smallest absolute Gasteiger partial charge is 0.251 e. The predicted octanol–water partition coefficient (Wildman–Crippen LogP) is 3.94. The number of rotatable bonds is 7. The predicted molar refractivity (Wildman–Crippen MR) is 109 cm³/mol. The molecule has 144 valence electrons. The van der Waals surface area contributed by atoms with Gasteiger partial charge < -0.3 is 10.3 Å². The number of H-pyrrole nitrogens is 1. The summed E-state index contributed by atoms with van der Waals surface area (Å²) < 4.78 is 13.0. The molecule has 2 aromatic carbocycles. The highest BCUT2D eigenvalue weighted by atomic mass is 32.2. The summed E-state index contributed by atoms with van der Waals surface area (Å²) in [6.07, 6.45) is 0.937. The lowest BCUT2D eigenvalue weighted by Crippen LogP contribution is -2.18. The van der Waals surface area contributed by atoms with Crippen LogP contribution in [0.5, 0.6) is 0 Å². The van der Waals surface area contributed by atoms with Crippen molar-refractivity contribution in [2.75, 3.05) is 5.32 Å². The van der Waals surface area contributed by atoms with E-state index in [1.54, 1.807) is 12.1 Å². The van der Waals surface area contributed by atoms with E-state index in [0.717, 1.165) is 12.0 Å². The fourth-order valence-electron chi connectivity index (χ4n) is 2.57. The van der Waals surface area contributed by atoms with E-state index in [2.05, 4.69) is 22.2 Å². The number of carbonyl (C=O) groups is 1. The Kier molecular flexibility index (Phi) is 6.60. The lowest BCUT2D eigenvalue weighted by molar-refractivity contribution is -0.115. The van der Waals surface area contributed by atoms with E-state index >= 15 is 0 Å². The minimum absolute atomic E-state index is 0.00353. The number of aromatic amines is 1. The van der Waals surface area contributed by atoms with Crippen LogP contribution < -0.4 is 10.9 Å². The van der Waals surface area contributed by atoms with Gasteiger partial charge in [0.05, 0.1) is 12.1 Å². The molecule has 0 aliphatic heterocycles. The van der Waals surface area contributed by atoms with Crippen molar-refractivity contribution in [2.24, 2.45) is 0 Å². The van der Waals surface area contributed by atoms with Gasteiger partial charge in [-0.1, -0.05) is 43.0 Å². The number of anilines is 1. The Morgan fingerprint density at radius 3 is 2.46 bits per heavy atom. The molecular formula is C21H20FN3O2S. The summed E-state index contributed by atoms with van der Waals surface area (Å²) >= 11 is 1.32. The summed E-state index contributed by atoms with van der Waals surface area (Å²) in [5, 5.41) is 3.23. The summed E-state index contributed by atoms with van der Waals surface area (Å²) in [5.74, 6) is -0.00250. The number of thioether (sulfide) groups is 1. The van der Waals surface area contributed by atoms with E-state index in [1.807, 2.05) is 24.3 Å². The van der Waals surface area contributed by atoms with Gasteiger partial charge in [0.1, 0.15) is 5.82 Å². The van der Waals surface area contributed by atoms with E-state index in [9.17, 15) is 14.0 Å². The third-order valence-electron chi connectivity index (χ3n) is 4.05. The number of benzene rings is 2. The number of nitrogens with one attached hydrogen (secondary N) is 2. The van der Waals surface area contributed by atoms with Crippen molar-refractivity contribution in [2.45, 2.75) is 30.7 Å². The average Bonchev–Trinajstić information content (AvgIpc) is 2.67. The molecule has 2 N–H and O–H groups in total. The monoisotopic (exact) mass is 397 g/mol. The molecule has 5 nitrogen and oxygen atoms in total. The highest BCUT2D eigenvalue weighted by Gasteiger charge is 2.09. The zero-order valence-corrected chi connectivity index (χ0v) is 16.2. The second-order valence-electron chi connectivity index (χ2n) is 6.23. The average molecular weight is 397 g/mol. The van der Waals surface area contributed by atoms with Gasteiger partial charge in [-0.25, -0.2) is 9.37 Å². The molecule has 0 radical (unpaired) electrons. The van der Waals surface area contributed by atoms with Crippen LogP contribution in [-0.2, 0) is 23.4 Å². The van der Waals surface area contributed by atoms with Crippen LogP contribution in [0.2, 0.25) is 0 Å². The van der Waals surface area contributed by atoms with Crippen molar-refractivity contribution in [1.29, 1.82) is 0 Å². The number of hydrogen-bond acceptors (Lipinski definition) is 4. The van der Waals surface area contributed by atoms with E-state index in [4.69, 9.17) is 0 Å². The summed E-state index contributed by atoms with van der Waals surface area (Å²) in [5.41, 5.74) is 2.89. The molecule has 0 fully saturated rings. The molecule has 1 aromatic heterocycles. The maximum absolute atomic E-state index is 13.0. The first-order chi connectivity index (χ1) is 13.5. The Morgan fingerprint density at radius 2 is 1.79 bits per heavy atom. The van der Waals surface area contributed by atoms with Crippen LogP contribution in [-0.4, -0.2) is 15.9 Å². The molecule has 0 spiro atoms. The normalized spacial score (nSPS) is 10.6. The lowest BCUT2D eigenvalue weighted by Gasteiger charge is -2.07. The van der Waals surface area contributed by atoms with Crippen molar-refractivity contribution in [3.05, 3.63) is 87.6 Å². The van der Waals surface area contributed by atoms with Gasteiger partial charge in [-0.3, -0.25) is 9.59 Å². The van der Waals surface area contributed by atoms with Crippen LogP contribution in [0, 0.1) is 5.82 Å². The molecule has 3 aromatic rings. The SMILES string of the molecule is CCc1ccc(NC(=O)Cc2cc(=O)[nH]c(SCc3ccc(F)cc3)n2)cc1. The van der Waals surface area contributed by atoms with Crippen molar-refractivity contribution in [3.8, 4) is 0 Å². The molecule has 0 saturated heterocycles. The topological polar surface area (TPSA) is 74.8 Å². The third-order valence-corrected chi connectivity index (χ3v) is 4.99. The molecule has 7 heteroatoms. The van der Waals surface area contributed by atoms with Gasteiger partial charge in [0.25, 0.3) is 5.56 Å². The van der Waals surface area contributed by atoms with Crippen molar-refractivity contribution < 1.29 is 9.18 Å². The number of halogens is 1. The van der Waals surface area contributed by atoms with Gasteiger partial charge >= 0.3 is 0 Å². The first kappa shape index (κ1) is 19.8. The van der Waals surface area contributed by atoms with Crippen LogP contribution in [0.4, 0.5) is 10.1 Å². The second kappa shape index (κ2) is 9.32. The summed E-state index contributed by atoms with van der Waals surface area (Å²) in [4.78, 5) is 31.2. The Morgan fingerprint density at radius 1 is 1.11 bits per heavy atom. The Bertz CT molecular complexity index is 1000. The molecule has 0 bridgehead atoms. The number of aromatic nitrogens is 2. The first-order valence-electron chi connectivity index (χ1n) is 8.88. The number of nitrogens with zero attached hydrogens (tertiary/aromatic N) is 1. The van der Waals surface area contributed by atoms with Crippen LogP contribution in [0.15, 0.2) is 64.5 Å². The minimum Gasteiger partial charge on any atom is -0.326 e. The van der Waals surface area contributed by atoms with Gasteiger partial charge in [-0.05, 0) is 41.8 Å². The molecule has 0 aliphatic carbocycles. The number of amides is 1. The van der Waals surface area contributed by atoms with E-state index in [0.29, 0.717) is 22.3 Å². The number of hydrogen-bond donors (Lipinski definition) is 2. The highest BCUT2D eigenvalue weighted by molar-refractivity contribution is 7.98. The zero-order chi connectivity index (χ0) is 19.9. The van der Waals surface area contributed by atoms with Crippen LogP contribution in [0.25, 0.3) is 0 Å². The van der Waals surface area contributed by atoms with Crippen LogP contribution in [0.1, 0.15) is 23.7 Å². The fraction of sp³-hybridized carbons (Fsp3) is 0.190. The quantitative estimate of drug-likeness (QED) is 0.468. The van der Waals surface area contributed by atoms with E-state index < -0.39 is 0 Å². The standard InChI is InChI=1S/C21H20FN3O2S/c1-2-14-5-9-17(10-6-14)23-19(26)11-18-12-20(27)25-21(24-18)28-13-15-3-7-16(22)8-4-15/h3-10,12H,2,11,13H2,1H3,(H,23,26)(H,24,25,27). The summed E-state index contributed by atoms with van der Waals surface area (Å²) in [6.45, 7) is 2.07. The molecule has 28 heavy (non-hydrogen) atoms. The zero-order valence-electron chi connectivity index (χ0n) is 15.4. The summed E-state index contributed by atoms with van der Waals surface area (Å²) in [6, 6.07) is 15.1. The Labute approximate surface area is 166 Å². The molecule has 0 unspecified atom stereocenters. The molecular weight excluding hydrogens is 377 g/mol. The molecule has 1 heterocycles. The summed E-state index contributed by atoms with van der Waals surface area (Å²) in [7, 11) is 0. The second-order valence-corrected chi connectivity index (χ2v) is 7.20. The first-order valence-corrected chi connectivity index (χ1v) is 9.86. The van der Waals surface area contributed by atoms with Crippen molar-refractivity contribution >= 4 is 23.4 Å². The van der Waals surface area contributed by atoms with Gasteiger partial charge in [-0.2, -0.15) is 0 Å². The third kappa shape index (κ3) is 5.79. The fourth-order valence-corrected chi connectivity index (χ4v) is 3.42. The highest BCUT2D eigenvalue weighted by Crippen LogP contribution is 2.19. The van der Waals surface area contributed by atoms with Gasteiger partial charge in [-0.15, -0.1) is 0 Å². The molecule has 0 aliphatic rings. The van der Waals surface area contributed by atoms with E-state index in [1.165, 1.54) is 35.5 Å². The van der Waals surface area contributed by atoms with Crippen molar-refractivity contribution in [3.63, 3.8) is 0 Å². The van der Waals surface area contributed by atoms with Gasteiger partial charge in [0, 0.05) is 17.5 Å². The molecule has 1 amide bonds. The number of carbonyl (C=O) groups excluding carboxylic acids is 1. The van der Waals surface area contributed by atoms with Crippen LogP contribution >= 0.6 is 11.8 Å². The Balaban J connectivity index is 1.62. The molecule has 0 saturated carbocycles. The minimum atomic E-state index is -0.313. The van der Waals surface area contributed by atoms with Gasteiger partial charge in [0.2, 0.25) is 5.91 Å². The molecule has 3 rings (SSSR count). The molecule has 0 atom stereocenters. The van der Waals surface area contributed by atoms with Crippen molar-refractivity contribution in [1.82, 2.24) is 9.97 Å².